The highest BCUT2D eigenvalue weighted by Crippen LogP contribution is 2.18. The Bertz CT molecular complexity index is 267. The van der Waals surface area contributed by atoms with E-state index in [4.69, 9.17) is 0 Å². The quantitative estimate of drug-likeness (QED) is 0.774. The Morgan fingerprint density at radius 3 is 2.70 bits per heavy atom. The van der Waals surface area contributed by atoms with Crippen LogP contribution in [0, 0.1) is 5.92 Å². The molecule has 0 spiro atoms. The molecule has 0 saturated carbocycles. The van der Waals surface area contributed by atoms with Crippen molar-refractivity contribution in [1.29, 1.82) is 0 Å². The molecule has 2 saturated heterocycles. The summed E-state index contributed by atoms with van der Waals surface area (Å²) in [7, 11) is 0. The number of piperidine rings is 1. The van der Waals surface area contributed by atoms with Crippen LogP contribution < -0.4 is 5.32 Å². The molecule has 2 aliphatic heterocycles. The molecule has 1 N–H and O–H groups in total. The first-order valence-electron chi connectivity index (χ1n) is 8.85. The van der Waals surface area contributed by atoms with E-state index in [0.29, 0.717) is 6.04 Å². The summed E-state index contributed by atoms with van der Waals surface area (Å²) in [5.74, 6) is 0.881. The summed E-state index contributed by atoms with van der Waals surface area (Å²) in [5.41, 5.74) is 0. The molecule has 2 rings (SSSR count). The third kappa shape index (κ3) is 5.34. The van der Waals surface area contributed by atoms with Crippen molar-refractivity contribution in [3.63, 3.8) is 0 Å². The molecule has 0 aliphatic carbocycles. The lowest BCUT2D eigenvalue weighted by Gasteiger charge is -2.33. The monoisotopic (exact) mass is 281 g/mol. The van der Waals surface area contributed by atoms with Gasteiger partial charge < -0.3 is 15.1 Å². The molecular weight excluding hydrogens is 246 g/mol. The van der Waals surface area contributed by atoms with Gasteiger partial charge in [0.15, 0.2) is 0 Å². The maximum Gasteiger partial charge on any atom is 0.00669 e. The van der Waals surface area contributed by atoms with Gasteiger partial charge in [-0.15, -0.1) is 0 Å². The highest BCUT2D eigenvalue weighted by atomic mass is 15.2. The zero-order valence-electron chi connectivity index (χ0n) is 13.9. The lowest BCUT2D eigenvalue weighted by Crippen LogP contribution is -2.39. The van der Waals surface area contributed by atoms with Gasteiger partial charge in [0.25, 0.3) is 0 Å². The van der Waals surface area contributed by atoms with Crippen molar-refractivity contribution in [1.82, 2.24) is 15.1 Å². The maximum absolute atomic E-state index is 3.59. The van der Waals surface area contributed by atoms with Crippen molar-refractivity contribution in [2.75, 3.05) is 39.3 Å². The number of hydrogen-bond donors (Lipinski definition) is 1. The maximum atomic E-state index is 3.59. The lowest BCUT2D eigenvalue weighted by molar-refractivity contribution is 0.151. The normalized spacial score (nSPS) is 29.4. The van der Waals surface area contributed by atoms with Gasteiger partial charge in [0.05, 0.1) is 0 Å². The van der Waals surface area contributed by atoms with E-state index in [1.54, 1.807) is 0 Å². The van der Waals surface area contributed by atoms with Crippen molar-refractivity contribution < 1.29 is 0 Å². The molecule has 3 nitrogen and oxygen atoms in total. The molecule has 2 unspecified atom stereocenters. The first-order valence-corrected chi connectivity index (χ1v) is 8.85. The average Bonchev–Trinajstić information content (AvgIpc) is 2.87. The average molecular weight is 281 g/mol. The fourth-order valence-electron chi connectivity index (χ4n) is 3.67. The topological polar surface area (TPSA) is 18.5 Å². The van der Waals surface area contributed by atoms with Crippen molar-refractivity contribution in [2.24, 2.45) is 5.92 Å². The van der Waals surface area contributed by atoms with Crippen LogP contribution >= 0.6 is 0 Å². The summed E-state index contributed by atoms with van der Waals surface area (Å²) in [6.07, 6.45) is 7.01. The van der Waals surface area contributed by atoms with E-state index in [0.717, 1.165) is 12.0 Å². The highest BCUT2D eigenvalue weighted by Gasteiger charge is 2.23. The van der Waals surface area contributed by atoms with Crippen LogP contribution in [0.1, 0.15) is 52.9 Å². The van der Waals surface area contributed by atoms with Gasteiger partial charge in [-0.1, -0.05) is 20.3 Å². The molecule has 0 aromatic rings. The van der Waals surface area contributed by atoms with Crippen LogP contribution in [0.4, 0.5) is 0 Å². The third-order valence-electron chi connectivity index (χ3n) is 5.04. The van der Waals surface area contributed by atoms with Gasteiger partial charge >= 0.3 is 0 Å². The van der Waals surface area contributed by atoms with Crippen LogP contribution in [0.25, 0.3) is 0 Å². The van der Waals surface area contributed by atoms with Crippen molar-refractivity contribution >= 4 is 0 Å². The Morgan fingerprint density at radius 2 is 1.95 bits per heavy atom. The third-order valence-corrected chi connectivity index (χ3v) is 5.04. The van der Waals surface area contributed by atoms with Crippen LogP contribution in [-0.4, -0.2) is 61.2 Å². The molecule has 0 aromatic carbocycles. The number of rotatable bonds is 7. The second kappa shape index (κ2) is 8.35. The van der Waals surface area contributed by atoms with Crippen LogP contribution in [0.3, 0.4) is 0 Å². The smallest absolute Gasteiger partial charge is 0.00669 e. The first kappa shape index (κ1) is 16.3. The number of hydrogen-bond acceptors (Lipinski definition) is 3. The largest absolute Gasteiger partial charge is 0.314 e. The molecule has 20 heavy (non-hydrogen) atoms. The van der Waals surface area contributed by atoms with Gasteiger partial charge in [-0.3, -0.25) is 0 Å². The molecule has 0 radical (unpaired) electrons. The second-order valence-electron chi connectivity index (χ2n) is 7.25. The Kier molecular flexibility index (Phi) is 6.79. The van der Waals surface area contributed by atoms with Gasteiger partial charge in [-0.05, 0) is 71.2 Å². The number of likely N-dealkylation sites (tertiary alicyclic amines) is 2. The summed E-state index contributed by atoms with van der Waals surface area (Å²) < 4.78 is 0. The molecule has 2 fully saturated rings. The van der Waals surface area contributed by atoms with Crippen LogP contribution in [-0.2, 0) is 0 Å². The van der Waals surface area contributed by atoms with Crippen LogP contribution in [0.15, 0.2) is 0 Å². The Morgan fingerprint density at radius 1 is 1.10 bits per heavy atom. The predicted octanol–water partition coefficient (Wildman–Crippen LogP) is 2.57. The minimum absolute atomic E-state index is 0.629. The van der Waals surface area contributed by atoms with E-state index in [1.807, 2.05) is 0 Å². The molecule has 118 valence electrons. The van der Waals surface area contributed by atoms with E-state index >= 15 is 0 Å². The van der Waals surface area contributed by atoms with Crippen LogP contribution in [0.2, 0.25) is 0 Å². The number of nitrogens with one attached hydrogen (secondary N) is 1. The van der Waals surface area contributed by atoms with Gasteiger partial charge in [0.2, 0.25) is 0 Å². The fourth-order valence-corrected chi connectivity index (χ4v) is 3.67. The van der Waals surface area contributed by atoms with Crippen LogP contribution in [0.5, 0.6) is 0 Å². The molecular formula is C17H35N3. The van der Waals surface area contributed by atoms with E-state index in [1.165, 1.54) is 71.4 Å². The van der Waals surface area contributed by atoms with Crippen molar-refractivity contribution in [2.45, 2.75) is 65.0 Å². The van der Waals surface area contributed by atoms with E-state index in [-0.39, 0.29) is 0 Å². The van der Waals surface area contributed by atoms with Gasteiger partial charge in [0, 0.05) is 18.6 Å². The zero-order valence-corrected chi connectivity index (χ0v) is 13.9. The first-order chi connectivity index (χ1) is 9.65. The van der Waals surface area contributed by atoms with E-state index in [9.17, 15) is 0 Å². The molecule has 0 aromatic heterocycles. The summed E-state index contributed by atoms with van der Waals surface area (Å²) >= 11 is 0. The Balaban J connectivity index is 1.56. The summed E-state index contributed by atoms with van der Waals surface area (Å²) in [6.45, 7) is 14.7. The van der Waals surface area contributed by atoms with E-state index in [2.05, 4.69) is 35.9 Å². The minimum Gasteiger partial charge on any atom is -0.314 e. The molecule has 2 atom stereocenters. The Hall–Kier alpha value is -0.120. The fraction of sp³-hybridized carbons (Fsp3) is 1.00. The predicted molar refractivity (Wildman–Crippen MR) is 87.2 cm³/mol. The second-order valence-corrected chi connectivity index (χ2v) is 7.25. The van der Waals surface area contributed by atoms with Crippen molar-refractivity contribution in [3.8, 4) is 0 Å². The van der Waals surface area contributed by atoms with E-state index < -0.39 is 0 Å². The molecule has 0 bridgehead atoms. The van der Waals surface area contributed by atoms with Gasteiger partial charge in [-0.25, -0.2) is 0 Å². The van der Waals surface area contributed by atoms with Crippen molar-refractivity contribution in [3.05, 3.63) is 0 Å². The zero-order chi connectivity index (χ0) is 14.4. The molecule has 2 aliphatic rings. The Labute approximate surface area is 126 Å². The molecule has 3 heteroatoms. The summed E-state index contributed by atoms with van der Waals surface area (Å²) in [5, 5.41) is 3.59. The summed E-state index contributed by atoms with van der Waals surface area (Å²) in [6, 6.07) is 1.45. The molecule has 0 amide bonds. The standard InChI is InChI=1S/C17H35N3/c1-15(2)18-13-17-8-12-19(14-17)9-6-11-20-10-5-4-7-16(20)3/h15-18H,4-14H2,1-3H3. The van der Waals surface area contributed by atoms with Gasteiger partial charge in [-0.2, -0.15) is 0 Å². The summed E-state index contributed by atoms with van der Waals surface area (Å²) in [4.78, 5) is 5.39. The highest BCUT2D eigenvalue weighted by molar-refractivity contribution is 4.79. The molecule has 2 heterocycles. The SMILES string of the molecule is CC(C)NCC1CCN(CCCN2CCCCC2C)C1. The minimum atomic E-state index is 0.629. The number of nitrogens with zero attached hydrogens (tertiary/aromatic N) is 2. The van der Waals surface area contributed by atoms with Gasteiger partial charge in [0.1, 0.15) is 0 Å². The lowest BCUT2D eigenvalue weighted by atomic mass is 10.0.